The number of hydrogen-bond donors (Lipinski definition) is 1. The Bertz CT molecular complexity index is 805. The van der Waals surface area contributed by atoms with Gasteiger partial charge in [0, 0.05) is 31.2 Å². The fraction of sp³-hybridized carbons (Fsp3) is 0.316. The molecule has 0 radical (unpaired) electrons. The molecule has 2 aromatic rings. The van der Waals surface area contributed by atoms with Gasteiger partial charge in [-0.3, -0.25) is 4.79 Å². The predicted molar refractivity (Wildman–Crippen MR) is 107 cm³/mol. The molecule has 1 aliphatic heterocycles. The largest absolute Gasteiger partial charge is 0.494 e. The molecular weight excluding hydrogens is 373 g/mol. The first kappa shape index (κ1) is 18.8. The second-order valence-electron chi connectivity index (χ2n) is 6.23. The summed E-state index contributed by atoms with van der Waals surface area (Å²) >= 11 is 12.2. The van der Waals surface area contributed by atoms with E-state index in [2.05, 4.69) is 22.2 Å². The highest BCUT2D eigenvalue weighted by atomic mass is 35.5. The minimum atomic E-state index is -0.312. The monoisotopic (exact) mass is 393 g/mol. The van der Waals surface area contributed by atoms with Crippen LogP contribution in [0.2, 0.25) is 10.0 Å². The van der Waals surface area contributed by atoms with Gasteiger partial charge in [0.05, 0.1) is 29.1 Å². The first-order valence-corrected chi connectivity index (χ1v) is 9.12. The highest BCUT2D eigenvalue weighted by Crippen LogP contribution is 2.34. The van der Waals surface area contributed by atoms with Crippen molar-refractivity contribution in [1.82, 2.24) is 4.90 Å². The number of methoxy groups -OCH3 is 1. The zero-order valence-corrected chi connectivity index (χ0v) is 16.3. The first-order valence-electron chi connectivity index (χ1n) is 8.36. The summed E-state index contributed by atoms with van der Waals surface area (Å²) in [5.74, 6) is -0.00141. The zero-order chi connectivity index (χ0) is 18.7. The Hall–Kier alpha value is -1.95. The third-order valence-electron chi connectivity index (χ3n) is 4.45. The maximum absolute atomic E-state index is 12.9. The van der Waals surface area contributed by atoms with Crippen LogP contribution in [0.3, 0.4) is 0 Å². The highest BCUT2D eigenvalue weighted by Gasteiger charge is 2.20. The van der Waals surface area contributed by atoms with Gasteiger partial charge >= 0.3 is 0 Å². The molecule has 0 spiro atoms. The molecule has 1 saturated heterocycles. The summed E-state index contributed by atoms with van der Waals surface area (Å²) in [7, 11) is 3.59. The maximum atomic E-state index is 12.9. The summed E-state index contributed by atoms with van der Waals surface area (Å²) in [5.41, 5.74) is 2.06. The van der Waals surface area contributed by atoms with Crippen LogP contribution in [0.25, 0.3) is 0 Å². The standard InChI is InChI=1S/C19H21Cl2N3O2/c1-23-7-9-24(10-8-23)17-6-4-3-5-16(17)22-19(25)14-11-13(20)12-15(21)18(14)26-2/h3-6,11-12H,7-10H2,1-2H3,(H,22,25). The van der Waals surface area contributed by atoms with E-state index in [9.17, 15) is 4.79 Å². The number of nitrogens with one attached hydrogen (secondary N) is 1. The quantitative estimate of drug-likeness (QED) is 0.852. The highest BCUT2D eigenvalue weighted by molar-refractivity contribution is 6.36. The van der Waals surface area contributed by atoms with E-state index >= 15 is 0 Å². The second kappa shape index (κ2) is 8.16. The van der Waals surface area contributed by atoms with Crippen LogP contribution < -0.4 is 15.0 Å². The Morgan fingerprint density at radius 1 is 1.12 bits per heavy atom. The van der Waals surface area contributed by atoms with Gasteiger partial charge in [-0.2, -0.15) is 0 Å². The molecule has 1 aliphatic rings. The Morgan fingerprint density at radius 3 is 2.50 bits per heavy atom. The number of nitrogens with zero attached hydrogens (tertiary/aromatic N) is 2. The molecule has 0 atom stereocenters. The number of para-hydroxylation sites is 2. The SMILES string of the molecule is COc1c(Cl)cc(Cl)cc1C(=O)Nc1ccccc1N1CCN(C)CC1. The van der Waals surface area contributed by atoms with Crippen molar-refractivity contribution in [2.24, 2.45) is 0 Å². The molecule has 3 rings (SSSR count). The van der Waals surface area contributed by atoms with E-state index in [0.717, 1.165) is 37.6 Å². The molecule has 2 aromatic carbocycles. The number of hydrogen-bond acceptors (Lipinski definition) is 4. The molecule has 26 heavy (non-hydrogen) atoms. The second-order valence-corrected chi connectivity index (χ2v) is 7.07. The van der Waals surface area contributed by atoms with Crippen LogP contribution in [0.1, 0.15) is 10.4 Å². The molecule has 1 heterocycles. The number of benzene rings is 2. The Labute approximate surface area is 163 Å². The molecule has 0 aromatic heterocycles. The van der Waals surface area contributed by atoms with E-state index in [0.29, 0.717) is 21.4 Å². The molecule has 0 aliphatic carbocycles. The van der Waals surface area contributed by atoms with Crippen LogP contribution in [-0.4, -0.2) is 51.1 Å². The van der Waals surface area contributed by atoms with Crippen molar-refractivity contribution in [3.05, 3.63) is 52.0 Å². The van der Waals surface area contributed by atoms with Crippen molar-refractivity contribution in [2.45, 2.75) is 0 Å². The number of rotatable bonds is 4. The van der Waals surface area contributed by atoms with Gasteiger partial charge in [-0.25, -0.2) is 0 Å². The minimum Gasteiger partial charge on any atom is -0.494 e. The molecule has 138 valence electrons. The fourth-order valence-corrected chi connectivity index (χ4v) is 3.60. The summed E-state index contributed by atoms with van der Waals surface area (Å²) in [6, 6.07) is 10.9. The maximum Gasteiger partial charge on any atom is 0.259 e. The third kappa shape index (κ3) is 4.06. The number of piperazine rings is 1. The van der Waals surface area contributed by atoms with Gasteiger partial charge in [0.1, 0.15) is 5.75 Å². The van der Waals surface area contributed by atoms with E-state index in [4.69, 9.17) is 27.9 Å². The van der Waals surface area contributed by atoms with Gasteiger partial charge in [0.25, 0.3) is 5.91 Å². The predicted octanol–water partition coefficient (Wildman–Crippen LogP) is 4.01. The lowest BCUT2D eigenvalue weighted by Crippen LogP contribution is -2.44. The number of carbonyl (C=O) groups is 1. The summed E-state index contributed by atoms with van der Waals surface area (Å²) in [6.45, 7) is 3.80. The summed E-state index contributed by atoms with van der Waals surface area (Å²) in [6.07, 6.45) is 0. The molecule has 5 nitrogen and oxygen atoms in total. The van der Waals surface area contributed by atoms with Gasteiger partial charge < -0.3 is 19.9 Å². The van der Waals surface area contributed by atoms with E-state index in [1.54, 1.807) is 12.1 Å². The molecule has 0 saturated carbocycles. The summed E-state index contributed by atoms with van der Waals surface area (Å²) in [4.78, 5) is 17.4. The Balaban J connectivity index is 1.87. The Kier molecular flexibility index (Phi) is 5.91. The van der Waals surface area contributed by atoms with Gasteiger partial charge in [0.2, 0.25) is 0 Å². The van der Waals surface area contributed by atoms with Crippen molar-refractivity contribution in [3.8, 4) is 5.75 Å². The number of anilines is 2. The zero-order valence-electron chi connectivity index (χ0n) is 14.8. The minimum absolute atomic E-state index is 0.303. The Morgan fingerprint density at radius 2 is 1.81 bits per heavy atom. The molecule has 1 amide bonds. The van der Waals surface area contributed by atoms with Crippen molar-refractivity contribution in [2.75, 3.05) is 50.6 Å². The normalized spacial score (nSPS) is 15.0. The van der Waals surface area contributed by atoms with Crippen molar-refractivity contribution in [3.63, 3.8) is 0 Å². The molecule has 0 unspecified atom stereocenters. The van der Waals surface area contributed by atoms with Crippen LogP contribution in [0.4, 0.5) is 11.4 Å². The van der Waals surface area contributed by atoms with Crippen LogP contribution in [0, 0.1) is 0 Å². The lowest BCUT2D eigenvalue weighted by molar-refractivity contribution is 0.102. The van der Waals surface area contributed by atoms with E-state index in [-0.39, 0.29) is 5.91 Å². The van der Waals surface area contributed by atoms with E-state index in [1.165, 1.54) is 7.11 Å². The van der Waals surface area contributed by atoms with Crippen molar-refractivity contribution in [1.29, 1.82) is 0 Å². The lowest BCUT2D eigenvalue weighted by atomic mass is 10.1. The lowest BCUT2D eigenvalue weighted by Gasteiger charge is -2.35. The van der Waals surface area contributed by atoms with E-state index in [1.807, 2.05) is 24.3 Å². The average molecular weight is 394 g/mol. The fourth-order valence-electron chi connectivity index (χ4n) is 3.03. The van der Waals surface area contributed by atoms with Gasteiger partial charge in [0.15, 0.2) is 0 Å². The first-order chi connectivity index (χ1) is 12.5. The molecule has 0 bridgehead atoms. The van der Waals surface area contributed by atoms with Gasteiger partial charge in [-0.05, 0) is 31.3 Å². The summed E-state index contributed by atoms with van der Waals surface area (Å²) in [5, 5.41) is 3.66. The van der Waals surface area contributed by atoms with E-state index < -0.39 is 0 Å². The van der Waals surface area contributed by atoms with Crippen molar-refractivity contribution >= 4 is 40.5 Å². The van der Waals surface area contributed by atoms with Crippen LogP contribution >= 0.6 is 23.2 Å². The van der Waals surface area contributed by atoms with Gasteiger partial charge in [-0.1, -0.05) is 35.3 Å². The third-order valence-corrected chi connectivity index (χ3v) is 4.95. The average Bonchev–Trinajstić information content (AvgIpc) is 2.62. The molecule has 1 fully saturated rings. The number of halogens is 2. The van der Waals surface area contributed by atoms with Crippen LogP contribution in [-0.2, 0) is 0 Å². The number of amides is 1. The summed E-state index contributed by atoms with van der Waals surface area (Å²) < 4.78 is 5.28. The molecule has 1 N–H and O–H groups in total. The number of carbonyl (C=O) groups excluding carboxylic acids is 1. The molecule has 7 heteroatoms. The smallest absolute Gasteiger partial charge is 0.259 e. The van der Waals surface area contributed by atoms with Gasteiger partial charge in [-0.15, -0.1) is 0 Å². The molecular formula is C19H21Cl2N3O2. The van der Waals surface area contributed by atoms with Crippen LogP contribution in [0.5, 0.6) is 5.75 Å². The topological polar surface area (TPSA) is 44.8 Å². The number of likely N-dealkylation sites (N-methyl/N-ethyl adjacent to an activating group) is 1. The van der Waals surface area contributed by atoms with Crippen LogP contribution in [0.15, 0.2) is 36.4 Å². The van der Waals surface area contributed by atoms with Crippen molar-refractivity contribution < 1.29 is 9.53 Å². The number of ether oxygens (including phenoxy) is 1.